The Labute approximate surface area is 120 Å². The van der Waals surface area contributed by atoms with Gasteiger partial charge in [0, 0.05) is 0 Å². The second-order valence-corrected chi connectivity index (χ2v) is 10.7. The summed E-state index contributed by atoms with van der Waals surface area (Å²) in [6.45, 7) is 13.7. The fourth-order valence-electron chi connectivity index (χ4n) is 2.70. The lowest BCUT2D eigenvalue weighted by molar-refractivity contribution is 0.0247. The Bertz CT molecular complexity index is 362. The van der Waals surface area contributed by atoms with E-state index in [-0.39, 0.29) is 5.60 Å². The van der Waals surface area contributed by atoms with Gasteiger partial charge in [0.2, 0.25) is 0 Å². The summed E-state index contributed by atoms with van der Waals surface area (Å²) in [5.41, 5.74) is 1.16. The summed E-state index contributed by atoms with van der Waals surface area (Å²) >= 11 is 0. The average molecular weight is 279 g/mol. The lowest BCUT2D eigenvalue weighted by atomic mass is 9.85. The molecule has 1 nitrogen and oxygen atoms in total. The van der Waals surface area contributed by atoms with E-state index < -0.39 is 8.32 Å². The van der Waals surface area contributed by atoms with Gasteiger partial charge in [-0.3, -0.25) is 0 Å². The molecule has 0 aromatic heterocycles. The van der Waals surface area contributed by atoms with E-state index in [9.17, 15) is 0 Å². The lowest BCUT2D eigenvalue weighted by Crippen LogP contribution is -2.46. The first-order valence-electron chi connectivity index (χ1n) is 7.69. The topological polar surface area (TPSA) is 9.23 Å². The van der Waals surface area contributed by atoms with Crippen molar-refractivity contribution in [1.29, 1.82) is 0 Å². The predicted molar refractivity (Wildman–Crippen MR) is 86.9 cm³/mol. The molecule has 0 saturated heterocycles. The summed E-state index contributed by atoms with van der Waals surface area (Å²) in [5, 5.41) is 0. The molecular weight excluding hydrogens is 248 g/mol. The van der Waals surface area contributed by atoms with Crippen LogP contribution in [0.1, 0.15) is 47.1 Å². The van der Waals surface area contributed by atoms with Gasteiger partial charge in [0.15, 0.2) is 8.32 Å². The van der Waals surface area contributed by atoms with E-state index in [1.165, 1.54) is 23.7 Å². The molecule has 0 bridgehead atoms. The van der Waals surface area contributed by atoms with Crippen LogP contribution in [0.15, 0.2) is 30.3 Å². The van der Waals surface area contributed by atoms with Crippen molar-refractivity contribution in [2.24, 2.45) is 5.92 Å². The molecule has 0 spiro atoms. The summed E-state index contributed by atoms with van der Waals surface area (Å²) in [5.74, 6) is 0.478. The van der Waals surface area contributed by atoms with Crippen molar-refractivity contribution in [2.75, 3.05) is 0 Å². The fraction of sp³-hybridized carbons (Fsp3) is 0.647. The Morgan fingerprint density at radius 2 is 1.47 bits per heavy atom. The molecule has 0 saturated carbocycles. The summed E-state index contributed by atoms with van der Waals surface area (Å²) in [4.78, 5) is 0. The molecule has 0 N–H and O–H groups in total. The Balaban J connectivity index is 3.14. The van der Waals surface area contributed by atoms with Crippen LogP contribution >= 0.6 is 0 Å². The molecular formula is C17H30OSi. The van der Waals surface area contributed by atoms with E-state index in [1.807, 2.05) is 0 Å². The summed E-state index contributed by atoms with van der Waals surface area (Å²) in [6, 6.07) is 14.3. The highest BCUT2D eigenvalue weighted by Gasteiger charge is 2.40. The third-order valence-electron chi connectivity index (χ3n) is 4.81. The first-order chi connectivity index (χ1) is 8.94. The van der Waals surface area contributed by atoms with Crippen LogP contribution in [0.2, 0.25) is 18.1 Å². The third kappa shape index (κ3) is 3.49. The van der Waals surface area contributed by atoms with Gasteiger partial charge in [-0.25, -0.2) is 0 Å². The highest BCUT2D eigenvalue weighted by Crippen LogP contribution is 2.39. The van der Waals surface area contributed by atoms with Crippen molar-refractivity contribution in [3.8, 4) is 0 Å². The zero-order chi connectivity index (χ0) is 14.5. The minimum Gasteiger partial charge on any atom is -0.407 e. The van der Waals surface area contributed by atoms with E-state index >= 15 is 0 Å². The zero-order valence-corrected chi connectivity index (χ0v) is 14.5. The molecule has 1 unspecified atom stereocenters. The monoisotopic (exact) mass is 278 g/mol. The molecule has 1 rings (SSSR count). The van der Waals surface area contributed by atoms with Gasteiger partial charge >= 0.3 is 0 Å². The summed E-state index contributed by atoms with van der Waals surface area (Å²) in [6.07, 6.45) is 0. The summed E-state index contributed by atoms with van der Waals surface area (Å²) in [7, 11) is -1.60. The number of benzene rings is 1. The van der Waals surface area contributed by atoms with Crippen molar-refractivity contribution < 1.29 is 4.43 Å². The molecule has 19 heavy (non-hydrogen) atoms. The largest absolute Gasteiger partial charge is 0.407 e. The van der Waals surface area contributed by atoms with Crippen LogP contribution in [0.25, 0.3) is 0 Å². The van der Waals surface area contributed by atoms with E-state index in [1.54, 1.807) is 0 Å². The smallest absolute Gasteiger partial charge is 0.193 e. The predicted octanol–water partition coefficient (Wildman–Crippen LogP) is 5.58. The molecule has 2 heteroatoms. The zero-order valence-electron chi connectivity index (χ0n) is 13.5. The van der Waals surface area contributed by atoms with Crippen molar-refractivity contribution in [3.63, 3.8) is 0 Å². The first-order valence-corrected chi connectivity index (χ1v) is 10.2. The molecule has 1 atom stereocenters. The Morgan fingerprint density at radius 3 is 1.84 bits per heavy atom. The van der Waals surface area contributed by atoms with Gasteiger partial charge in [-0.15, -0.1) is 0 Å². The molecule has 0 amide bonds. The highest BCUT2D eigenvalue weighted by molar-refractivity contribution is 6.73. The number of hydrogen-bond acceptors (Lipinski definition) is 1. The van der Waals surface area contributed by atoms with Crippen molar-refractivity contribution in [1.82, 2.24) is 0 Å². The standard InChI is InChI=1S/C17H30OSi/c1-7-19(8-2,9-3)18-17(6,15(4)5)16-13-11-10-12-14-16/h10-15H,7-9H2,1-6H3. The Hall–Kier alpha value is -0.603. The minimum atomic E-state index is -1.60. The Kier molecular flexibility index (Phi) is 5.81. The van der Waals surface area contributed by atoms with Crippen molar-refractivity contribution in [2.45, 2.75) is 65.3 Å². The minimum absolute atomic E-state index is 0.157. The Morgan fingerprint density at radius 1 is 1.00 bits per heavy atom. The molecule has 0 radical (unpaired) electrons. The quantitative estimate of drug-likeness (QED) is 0.592. The molecule has 1 aromatic carbocycles. The molecule has 0 aliphatic heterocycles. The van der Waals surface area contributed by atoms with Gasteiger partial charge in [0.25, 0.3) is 0 Å². The van der Waals surface area contributed by atoms with Crippen LogP contribution in [-0.2, 0) is 10.0 Å². The van der Waals surface area contributed by atoms with Crippen LogP contribution in [0.4, 0.5) is 0 Å². The highest BCUT2D eigenvalue weighted by atomic mass is 28.4. The van der Waals surface area contributed by atoms with Gasteiger partial charge in [-0.05, 0) is 36.5 Å². The maximum Gasteiger partial charge on any atom is 0.193 e. The van der Waals surface area contributed by atoms with Gasteiger partial charge < -0.3 is 4.43 Å². The second-order valence-electron chi connectivity index (χ2n) is 5.97. The second kappa shape index (κ2) is 6.71. The van der Waals surface area contributed by atoms with Gasteiger partial charge in [-0.2, -0.15) is 0 Å². The van der Waals surface area contributed by atoms with E-state index in [4.69, 9.17) is 4.43 Å². The molecule has 0 aliphatic carbocycles. The van der Waals surface area contributed by atoms with E-state index in [0.717, 1.165) is 0 Å². The van der Waals surface area contributed by atoms with Crippen molar-refractivity contribution in [3.05, 3.63) is 35.9 Å². The van der Waals surface area contributed by atoms with Crippen LogP contribution in [0, 0.1) is 5.92 Å². The fourth-order valence-corrected chi connectivity index (χ4v) is 5.88. The number of rotatable bonds is 7. The van der Waals surface area contributed by atoms with Crippen molar-refractivity contribution >= 4 is 8.32 Å². The molecule has 0 aliphatic rings. The van der Waals surface area contributed by atoms with E-state index in [0.29, 0.717) is 5.92 Å². The number of hydrogen-bond donors (Lipinski definition) is 0. The molecule has 0 heterocycles. The first kappa shape index (κ1) is 16.5. The average Bonchev–Trinajstić information content (AvgIpc) is 2.45. The van der Waals surface area contributed by atoms with E-state index in [2.05, 4.69) is 71.9 Å². The van der Waals surface area contributed by atoms with Crippen LogP contribution in [0.3, 0.4) is 0 Å². The van der Waals surface area contributed by atoms with Gasteiger partial charge in [0.05, 0.1) is 5.60 Å². The summed E-state index contributed by atoms with van der Waals surface area (Å²) < 4.78 is 6.86. The van der Waals surface area contributed by atoms with Crippen LogP contribution in [0.5, 0.6) is 0 Å². The van der Waals surface area contributed by atoms with Gasteiger partial charge in [0.1, 0.15) is 0 Å². The third-order valence-corrected chi connectivity index (χ3v) is 9.53. The van der Waals surface area contributed by atoms with Crippen LogP contribution in [-0.4, -0.2) is 8.32 Å². The molecule has 0 fully saturated rings. The molecule has 1 aromatic rings. The SMILES string of the molecule is CC[Si](CC)(CC)OC(C)(c1ccccc1)C(C)C. The maximum atomic E-state index is 6.86. The normalized spacial score (nSPS) is 15.5. The maximum absolute atomic E-state index is 6.86. The lowest BCUT2D eigenvalue weighted by Gasteiger charge is -2.43. The molecule has 108 valence electrons. The van der Waals surface area contributed by atoms with Gasteiger partial charge in [-0.1, -0.05) is 65.0 Å². The van der Waals surface area contributed by atoms with Crippen LogP contribution < -0.4 is 0 Å².